The molecule has 5 aromatic rings. The van der Waals surface area contributed by atoms with E-state index in [4.69, 9.17) is 21.1 Å². The Bertz CT molecular complexity index is 1650. The predicted molar refractivity (Wildman–Crippen MR) is 162 cm³/mol. The van der Waals surface area contributed by atoms with Gasteiger partial charge in [-0.15, -0.1) is 11.3 Å². The van der Waals surface area contributed by atoms with Gasteiger partial charge in [-0.2, -0.15) is 0 Å². The van der Waals surface area contributed by atoms with Gasteiger partial charge in [0.05, 0.1) is 18.3 Å². The summed E-state index contributed by atoms with van der Waals surface area (Å²) in [6.07, 6.45) is 1.50. The van der Waals surface area contributed by atoms with E-state index in [2.05, 4.69) is 4.98 Å². The molecule has 2 aromatic heterocycles. The Hall–Kier alpha value is -4.14. The Morgan fingerprint density at radius 1 is 1.00 bits per heavy atom. The van der Waals surface area contributed by atoms with Gasteiger partial charge >= 0.3 is 0 Å². The fourth-order valence-corrected chi connectivity index (χ4v) is 5.15. The van der Waals surface area contributed by atoms with Gasteiger partial charge in [0.15, 0.2) is 18.1 Å². The zero-order valence-corrected chi connectivity index (χ0v) is 24.3. The lowest BCUT2D eigenvalue weighted by Crippen LogP contribution is -2.31. The lowest BCUT2D eigenvalue weighted by atomic mass is 10.2. The van der Waals surface area contributed by atoms with E-state index >= 15 is 0 Å². The Morgan fingerprint density at radius 3 is 2.42 bits per heavy atom. The molecule has 2 heterocycles. The van der Waals surface area contributed by atoms with Gasteiger partial charge in [-0.1, -0.05) is 67.9 Å². The number of amides is 1. The van der Waals surface area contributed by atoms with Crippen LogP contribution in [-0.2, 0) is 11.3 Å². The van der Waals surface area contributed by atoms with Crippen molar-refractivity contribution in [3.63, 3.8) is 0 Å². The highest BCUT2D eigenvalue weighted by Crippen LogP contribution is 2.33. The molecule has 9 heteroatoms. The third-order valence-electron chi connectivity index (χ3n) is 6.03. The first-order valence-corrected chi connectivity index (χ1v) is 14.0. The summed E-state index contributed by atoms with van der Waals surface area (Å²) in [5.41, 5.74) is 3.02. The maximum atomic E-state index is 13.3. The largest absolute Gasteiger partial charge is 0.493 e. The molecule has 0 bridgehead atoms. The maximum Gasteiger partial charge on any atom is 0.275 e. The molecule has 0 fully saturated rings. The summed E-state index contributed by atoms with van der Waals surface area (Å²) in [4.78, 5) is 33.0. The third-order valence-corrected chi connectivity index (χ3v) is 7.44. The summed E-state index contributed by atoms with van der Waals surface area (Å²) in [6, 6.07) is 24.2. The molecule has 206 valence electrons. The molecular weight excluding hydrogens is 546 g/mol. The summed E-state index contributed by atoms with van der Waals surface area (Å²) in [6.45, 7) is 4.34. The van der Waals surface area contributed by atoms with Crippen molar-refractivity contribution in [3.8, 4) is 27.6 Å². The number of benzene rings is 3. The molecule has 40 heavy (non-hydrogen) atoms. The van der Waals surface area contributed by atoms with Gasteiger partial charge in [0.1, 0.15) is 11.0 Å². The van der Waals surface area contributed by atoms with Crippen molar-refractivity contribution in [3.05, 3.63) is 106 Å². The second-order valence-electron chi connectivity index (χ2n) is 8.61. The maximum absolute atomic E-state index is 13.3. The highest BCUT2D eigenvalue weighted by Gasteiger charge is 2.15. The van der Waals surface area contributed by atoms with Crippen molar-refractivity contribution in [2.24, 2.45) is 0 Å². The van der Waals surface area contributed by atoms with Crippen LogP contribution in [0.1, 0.15) is 19.4 Å². The molecule has 0 unspecified atom stereocenters. The van der Waals surface area contributed by atoms with E-state index in [1.54, 1.807) is 30.1 Å². The number of aromatic nitrogens is 2. The molecule has 7 nitrogen and oxygen atoms in total. The van der Waals surface area contributed by atoms with Gasteiger partial charge in [0.25, 0.3) is 11.5 Å². The molecule has 0 aliphatic rings. The normalized spacial score (nSPS) is 10.5. The number of hydrogen-bond acceptors (Lipinski definition) is 6. The predicted octanol–water partition coefficient (Wildman–Crippen LogP) is 6.84. The molecule has 0 saturated heterocycles. The Kier molecular flexibility index (Phi) is 9.58. The molecule has 0 saturated carbocycles. The van der Waals surface area contributed by atoms with Gasteiger partial charge in [0, 0.05) is 29.6 Å². The van der Waals surface area contributed by atoms with E-state index in [-0.39, 0.29) is 18.1 Å². The molecule has 0 aliphatic heterocycles. The van der Waals surface area contributed by atoms with Gasteiger partial charge in [-0.3, -0.25) is 14.2 Å². The first-order chi connectivity index (χ1) is 19.4. The van der Waals surface area contributed by atoms with Crippen LogP contribution in [0.5, 0.6) is 11.5 Å². The second kappa shape index (κ2) is 13.3. The van der Waals surface area contributed by atoms with E-state index in [9.17, 15) is 9.59 Å². The van der Waals surface area contributed by atoms with Crippen molar-refractivity contribution >= 4 is 39.1 Å². The third kappa shape index (κ3) is 6.52. The molecule has 0 aliphatic carbocycles. The number of likely N-dealkylation sites (N-methyl/N-ethyl adjacent to an activating group) is 1. The summed E-state index contributed by atoms with van der Waals surface area (Å²) < 4.78 is 13.3. The minimum atomic E-state index is -0.186. The topological polar surface area (TPSA) is 73.7 Å². The average Bonchev–Trinajstić information content (AvgIpc) is 3.43. The minimum Gasteiger partial charge on any atom is -0.493 e. The Balaban J connectivity index is 0.00000181. The van der Waals surface area contributed by atoms with Crippen LogP contribution < -0.4 is 15.0 Å². The quantitative estimate of drug-likeness (QED) is 0.202. The fraction of sp³-hybridized carbons (Fsp3) is 0.194. The highest BCUT2D eigenvalue weighted by atomic mass is 35.5. The van der Waals surface area contributed by atoms with Crippen LogP contribution in [0.3, 0.4) is 0 Å². The number of ether oxygens (including phenoxy) is 2. The molecule has 1 amide bonds. The Morgan fingerprint density at radius 2 is 1.73 bits per heavy atom. The number of carbonyl (C=O) groups is 1. The van der Waals surface area contributed by atoms with Crippen LogP contribution in [-0.4, -0.2) is 41.1 Å². The lowest BCUT2D eigenvalue weighted by Gasteiger charge is -2.18. The standard InChI is InChI=1S/C29H24ClN3O4S.C2H6/c1-32(16-19-6-4-3-5-7-19)27(34)17-37-24-13-12-22(14-25(24)36-2)33-18-31-23-15-26(38-28(23)29(33)35)20-8-10-21(30)11-9-20;1-2/h3-15,18H,16-17H2,1-2H3;1-2H3. The SMILES string of the molecule is CC.COc1cc(-n2cnc3cc(-c4ccc(Cl)cc4)sc3c2=O)ccc1OCC(=O)N(C)Cc1ccccc1. The van der Waals surface area contributed by atoms with Crippen molar-refractivity contribution < 1.29 is 14.3 Å². The smallest absolute Gasteiger partial charge is 0.275 e. The number of halogens is 1. The molecule has 0 radical (unpaired) electrons. The summed E-state index contributed by atoms with van der Waals surface area (Å²) in [5, 5.41) is 0.653. The summed E-state index contributed by atoms with van der Waals surface area (Å²) in [7, 11) is 3.24. The van der Waals surface area contributed by atoms with Gasteiger partial charge in [-0.25, -0.2) is 4.98 Å². The molecule has 3 aromatic carbocycles. The number of fused-ring (bicyclic) bond motifs is 1. The zero-order valence-electron chi connectivity index (χ0n) is 22.8. The molecular formula is C31H30ClN3O4S. The number of hydrogen-bond donors (Lipinski definition) is 0. The minimum absolute atomic E-state index is 0.144. The zero-order chi connectivity index (χ0) is 28.6. The van der Waals surface area contributed by atoms with E-state index in [0.29, 0.717) is 39.0 Å². The van der Waals surface area contributed by atoms with Crippen LogP contribution in [0.2, 0.25) is 5.02 Å². The summed E-state index contributed by atoms with van der Waals surface area (Å²) >= 11 is 7.39. The number of nitrogens with zero attached hydrogens (tertiary/aromatic N) is 3. The summed E-state index contributed by atoms with van der Waals surface area (Å²) in [5.74, 6) is 0.641. The van der Waals surface area contributed by atoms with Gasteiger partial charge in [0.2, 0.25) is 0 Å². The van der Waals surface area contributed by atoms with E-state index in [1.165, 1.54) is 29.3 Å². The number of thiophene rings is 1. The van der Waals surface area contributed by atoms with Crippen LogP contribution in [0.4, 0.5) is 0 Å². The first-order valence-electron chi connectivity index (χ1n) is 12.8. The molecule has 5 rings (SSSR count). The van der Waals surface area contributed by atoms with Crippen LogP contribution >= 0.6 is 22.9 Å². The van der Waals surface area contributed by atoms with E-state index < -0.39 is 0 Å². The lowest BCUT2D eigenvalue weighted by molar-refractivity contribution is -0.132. The molecule has 0 atom stereocenters. The first kappa shape index (κ1) is 28.9. The number of methoxy groups -OCH3 is 1. The number of carbonyl (C=O) groups excluding carboxylic acids is 1. The fourth-order valence-electron chi connectivity index (χ4n) is 3.97. The highest BCUT2D eigenvalue weighted by molar-refractivity contribution is 7.22. The molecule has 0 N–H and O–H groups in total. The monoisotopic (exact) mass is 575 g/mol. The number of rotatable bonds is 8. The second-order valence-corrected chi connectivity index (χ2v) is 10.1. The Labute approximate surface area is 242 Å². The van der Waals surface area contributed by atoms with Crippen LogP contribution in [0.15, 0.2) is 90.0 Å². The molecule has 0 spiro atoms. The van der Waals surface area contributed by atoms with Crippen molar-refractivity contribution in [2.75, 3.05) is 20.8 Å². The average molecular weight is 576 g/mol. The van der Waals surface area contributed by atoms with E-state index in [1.807, 2.05) is 74.5 Å². The van der Waals surface area contributed by atoms with E-state index in [0.717, 1.165) is 16.0 Å². The van der Waals surface area contributed by atoms with Gasteiger partial charge in [-0.05, 0) is 41.5 Å². The van der Waals surface area contributed by atoms with Crippen molar-refractivity contribution in [1.29, 1.82) is 0 Å². The van der Waals surface area contributed by atoms with Crippen molar-refractivity contribution in [2.45, 2.75) is 20.4 Å². The van der Waals surface area contributed by atoms with Gasteiger partial charge < -0.3 is 14.4 Å². The van der Waals surface area contributed by atoms with Crippen molar-refractivity contribution in [1.82, 2.24) is 14.5 Å². The van der Waals surface area contributed by atoms with Crippen LogP contribution in [0, 0.1) is 0 Å². The van der Waals surface area contributed by atoms with Crippen LogP contribution in [0.25, 0.3) is 26.3 Å².